The van der Waals surface area contributed by atoms with Crippen molar-refractivity contribution in [1.29, 1.82) is 0 Å². The number of hydrogen-bond donors (Lipinski definition) is 0. The van der Waals surface area contributed by atoms with Gasteiger partial charge in [0.25, 0.3) is 0 Å². The van der Waals surface area contributed by atoms with Gasteiger partial charge >= 0.3 is 6.09 Å². The Morgan fingerprint density at radius 3 is 2.53 bits per heavy atom. The lowest BCUT2D eigenvalue weighted by atomic mass is 9.97. The summed E-state index contributed by atoms with van der Waals surface area (Å²) in [5.74, 6) is 1.11. The molecule has 0 N–H and O–H groups in total. The van der Waals surface area contributed by atoms with Crippen LogP contribution in [-0.2, 0) is 4.74 Å². The summed E-state index contributed by atoms with van der Waals surface area (Å²) in [4.78, 5) is 18.0. The van der Waals surface area contributed by atoms with Crippen molar-refractivity contribution in [1.82, 2.24) is 9.88 Å². The highest BCUT2D eigenvalue weighted by atomic mass is 16.6. The highest BCUT2D eigenvalue weighted by molar-refractivity contribution is 5.68. The van der Waals surface area contributed by atoms with Gasteiger partial charge < -0.3 is 14.1 Å². The minimum atomic E-state index is -0.437. The summed E-state index contributed by atoms with van der Waals surface area (Å²) in [6.07, 6.45) is 3.20. The van der Waals surface area contributed by atoms with E-state index in [2.05, 4.69) is 4.98 Å². The van der Waals surface area contributed by atoms with E-state index in [0.29, 0.717) is 19.0 Å². The Hall–Kier alpha value is -1.52. The zero-order valence-electron chi connectivity index (χ0n) is 12.1. The second-order valence-corrected chi connectivity index (χ2v) is 6.07. The van der Waals surface area contributed by atoms with E-state index in [1.54, 1.807) is 11.2 Å². The van der Waals surface area contributed by atoms with Gasteiger partial charge in [0.05, 0.1) is 5.69 Å². The molecule has 0 saturated carbocycles. The van der Waals surface area contributed by atoms with Crippen LogP contribution >= 0.6 is 0 Å². The van der Waals surface area contributed by atoms with Gasteiger partial charge in [-0.15, -0.1) is 0 Å². The van der Waals surface area contributed by atoms with Crippen molar-refractivity contribution >= 4 is 6.09 Å². The van der Waals surface area contributed by atoms with Crippen LogP contribution in [0.15, 0.2) is 10.7 Å². The molecule has 0 aliphatic carbocycles. The van der Waals surface area contributed by atoms with Gasteiger partial charge in [0.2, 0.25) is 0 Å². The number of amides is 1. The van der Waals surface area contributed by atoms with E-state index in [9.17, 15) is 4.79 Å². The van der Waals surface area contributed by atoms with Gasteiger partial charge in [0.1, 0.15) is 11.9 Å². The average molecular weight is 266 g/mol. The van der Waals surface area contributed by atoms with Crippen LogP contribution in [0.25, 0.3) is 0 Å². The number of aromatic nitrogens is 1. The minimum absolute atomic E-state index is 0.227. The van der Waals surface area contributed by atoms with Gasteiger partial charge in [-0.2, -0.15) is 0 Å². The van der Waals surface area contributed by atoms with Crippen molar-refractivity contribution in [2.75, 3.05) is 13.1 Å². The lowest BCUT2D eigenvalue weighted by molar-refractivity contribution is 0.0199. The molecule has 0 atom stereocenters. The molecule has 1 aliphatic rings. The third-order valence-corrected chi connectivity index (χ3v) is 3.13. The molecule has 1 aromatic rings. The minimum Gasteiger partial charge on any atom is -0.448 e. The van der Waals surface area contributed by atoms with Gasteiger partial charge in [0.15, 0.2) is 5.89 Å². The zero-order chi connectivity index (χ0) is 14.0. The van der Waals surface area contributed by atoms with Crippen molar-refractivity contribution in [2.24, 2.45) is 0 Å². The number of oxazole rings is 1. The SMILES string of the molecule is Cc1coc(C2CCN(C(=O)OC(C)(C)C)CC2)n1. The third kappa shape index (κ3) is 3.72. The highest BCUT2D eigenvalue weighted by Gasteiger charge is 2.29. The average Bonchev–Trinajstić information content (AvgIpc) is 2.74. The fraction of sp³-hybridized carbons (Fsp3) is 0.714. The standard InChI is InChI=1S/C14H22N2O3/c1-10-9-18-12(15-10)11-5-7-16(8-6-11)13(17)19-14(2,3)4/h9,11H,5-8H2,1-4H3. The van der Waals surface area contributed by atoms with E-state index >= 15 is 0 Å². The Morgan fingerprint density at radius 1 is 1.42 bits per heavy atom. The van der Waals surface area contributed by atoms with Crippen molar-refractivity contribution in [3.8, 4) is 0 Å². The fourth-order valence-corrected chi connectivity index (χ4v) is 2.20. The van der Waals surface area contributed by atoms with E-state index in [0.717, 1.165) is 24.4 Å². The first-order chi connectivity index (χ1) is 8.85. The van der Waals surface area contributed by atoms with Crippen LogP contribution in [0.2, 0.25) is 0 Å². The van der Waals surface area contributed by atoms with Crippen LogP contribution < -0.4 is 0 Å². The molecule has 0 aromatic carbocycles. The summed E-state index contributed by atoms with van der Waals surface area (Å²) in [6, 6.07) is 0. The number of nitrogens with zero attached hydrogens (tertiary/aromatic N) is 2. The quantitative estimate of drug-likeness (QED) is 0.783. The predicted molar refractivity (Wildman–Crippen MR) is 71.0 cm³/mol. The molecule has 1 aliphatic heterocycles. The largest absolute Gasteiger partial charge is 0.448 e. The van der Waals surface area contributed by atoms with E-state index in [1.165, 1.54) is 0 Å². The Bertz CT molecular complexity index is 440. The van der Waals surface area contributed by atoms with Crippen molar-refractivity contribution < 1.29 is 13.9 Å². The Morgan fingerprint density at radius 2 is 2.05 bits per heavy atom. The summed E-state index contributed by atoms with van der Waals surface area (Å²) in [5, 5.41) is 0. The number of piperidine rings is 1. The monoisotopic (exact) mass is 266 g/mol. The fourth-order valence-electron chi connectivity index (χ4n) is 2.20. The van der Waals surface area contributed by atoms with Crippen molar-refractivity contribution in [2.45, 2.75) is 52.1 Å². The van der Waals surface area contributed by atoms with Crippen LogP contribution in [-0.4, -0.2) is 34.7 Å². The number of aryl methyl sites for hydroxylation is 1. The Labute approximate surface area is 113 Å². The normalized spacial score (nSPS) is 17.6. The molecular weight excluding hydrogens is 244 g/mol. The smallest absolute Gasteiger partial charge is 0.410 e. The molecule has 0 radical (unpaired) electrons. The van der Waals surface area contributed by atoms with Crippen LogP contribution in [0.4, 0.5) is 4.79 Å². The summed E-state index contributed by atoms with van der Waals surface area (Å²) in [5.41, 5.74) is 0.470. The van der Waals surface area contributed by atoms with E-state index in [1.807, 2.05) is 27.7 Å². The van der Waals surface area contributed by atoms with Crippen LogP contribution in [0, 0.1) is 6.92 Å². The number of rotatable bonds is 1. The summed E-state index contributed by atoms with van der Waals surface area (Å²) >= 11 is 0. The van der Waals surface area contributed by atoms with Crippen molar-refractivity contribution in [3.05, 3.63) is 17.8 Å². The van der Waals surface area contributed by atoms with Gasteiger partial charge in [-0.25, -0.2) is 9.78 Å². The lowest BCUT2D eigenvalue weighted by Gasteiger charge is -2.32. The first kappa shape index (κ1) is 13.9. The molecule has 19 heavy (non-hydrogen) atoms. The van der Waals surface area contributed by atoms with Crippen LogP contribution in [0.3, 0.4) is 0 Å². The second-order valence-electron chi connectivity index (χ2n) is 6.07. The zero-order valence-corrected chi connectivity index (χ0v) is 12.1. The number of likely N-dealkylation sites (tertiary alicyclic amines) is 1. The van der Waals surface area contributed by atoms with Gasteiger partial charge in [-0.3, -0.25) is 0 Å². The molecular formula is C14H22N2O3. The van der Waals surface area contributed by atoms with E-state index in [-0.39, 0.29) is 6.09 Å². The molecule has 1 amide bonds. The first-order valence-electron chi connectivity index (χ1n) is 6.75. The summed E-state index contributed by atoms with van der Waals surface area (Å²) < 4.78 is 10.8. The van der Waals surface area contributed by atoms with Crippen molar-refractivity contribution in [3.63, 3.8) is 0 Å². The molecule has 1 fully saturated rings. The maximum Gasteiger partial charge on any atom is 0.410 e. The third-order valence-electron chi connectivity index (χ3n) is 3.13. The maximum atomic E-state index is 11.9. The molecule has 1 saturated heterocycles. The van der Waals surface area contributed by atoms with Gasteiger partial charge in [-0.1, -0.05) is 0 Å². The van der Waals surface area contributed by atoms with Crippen LogP contribution in [0.1, 0.15) is 51.1 Å². The summed E-state index contributed by atoms with van der Waals surface area (Å²) in [7, 11) is 0. The van der Waals surface area contributed by atoms with E-state index < -0.39 is 5.60 Å². The van der Waals surface area contributed by atoms with Gasteiger partial charge in [0, 0.05) is 19.0 Å². The molecule has 5 nitrogen and oxygen atoms in total. The maximum absolute atomic E-state index is 11.9. The Balaban J connectivity index is 1.87. The topological polar surface area (TPSA) is 55.6 Å². The molecule has 5 heteroatoms. The lowest BCUT2D eigenvalue weighted by Crippen LogP contribution is -2.41. The number of carbonyl (C=O) groups excluding carboxylic acids is 1. The number of ether oxygens (including phenoxy) is 1. The predicted octanol–water partition coefficient (Wildman–Crippen LogP) is 3.10. The van der Waals surface area contributed by atoms with Crippen LogP contribution in [0.5, 0.6) is 0 Å². The number of hydrogen-bond acceptors (Lipinski definition) is 4. The molecule has 0 spiro atoms. The second kappa shape index (κ2) is 5.23. The summed E-state index contributed by atoms with van der Waals surface area (Å²) in [6.45, 7) is 8.96. The van der Waals surface area contributed by atoms with Gasteiger partial charge in [-0.05, 0) is 40.5 Å². The number of carbonyl (C=O) groups is 1. The van der Waals surface area contributed by atoms with E-state index in [4.69, 9.17) is 9.15 Å². The molecule has 1 aromatic heterocycles. The first-order valence-corrected chi connectivity index (χ1v) is 6.75. The molecule has 2 rings (SSSR count). The Kier molecular flexibility index (Phi) is 3.83. The molecule has 2 heterocycles. The molecule has 106 valence electrons. The molecule has 0 unspecified atom stereocenters. The molecule has 0 bridgehead atoms. The highest BCUT2D eigenvalue weighted by Crippen LogP contribution is 2.28.